The van der Waals surface area contributed by atoms with Crippen LogP contribution in [0.1, 0.15) is 19.4 Å². The number of hydrogen-bond donors (Lipinski definition) is 0. The van der Waals surface area contributed by atoms with Gasteiger partial charge in [-0.1, -0.05) is 32.0 Å². The van der Waals surface area contributed by atoms with Crippen LogP contribution in [0.25, 0.3) is 23.0 Å². The summed E-state index contributed by atoms with van der Waals surface area (Å²) in [6.45, 7) is 7.71. The maximum absolute atomic E-state index is 12.7. The highest BCUT2D eigenvalue weighted by Crippen LogP contribution is 2.34. The molecule has 0 spiro atoms. The molecule has 1 fully saturated rings. The van der Waals surface area contributed by atoms with Crippen LogP contribution in [0.3, 0.4) is 0 Å². The van der Waals surface area contributed by atoms with Gasteiger partial charge in [0.05, 0.1) is 36.1 Å². The molecule has 0 radical (unpaired) electrons. The first kappa shape index (κ1) is 23.4. The zero-order chi connectivity index (χ0) is 24.2. The van der Waals surface area contributed by atoms with Crippen molar-refractivity contribution in [3.63, 3.8) is 0 Å². The first-order chi connectivity index (χ1) is 17.1. The molecule has 0 unspecified atom stereocenters. The first-order valence-electron chi connectivity index (χ1n) is 11.8. The summed E-state index contributed by atoms with van der Waals surface area (Å²) in [5.41, 5.74) is 3.56. The van der Waals surface area contributed by atoms with Gasteiger partial charge in [-0.2, -0.15) is 10.1 Å². The Morgan fingerprint density at radius 1 is 1.09 bits per heavy atom. The number of amides is 1. The number of amidine groups is 1. The van der Waals surface area contributed by atoms with E-state index < -0.39 is 0 Å². The lowest BCUT2D eigenvalue weighted by atomic mass is 10.1. The van der Waals surface area contributed by atoms with Gasteiger partial charge in [-0.15, -0.1) is 0 Å². The molecule has 1 aromatic heterocycles. The number of para-hydroxylation sites is 1. The van der Waals surface area contributed by atoms with Crippen molar-refractivity contribution in [3.05, 3.63) is 71.3 Å². The maximum Gasteiger partial charge on any atom is 0.286 e. The molecule has 0 N–H and O–H groups in total. The van der Waals surface area contributed by atoms with E-state index in [-0.39, 0.29) is 5.91 Å². The van der Waals surface area contributed by atoms with Crippen molar-refractivity contribution in [1.82, 2.24) is 14.7 Å². The van der Waals surface area contributed by atoms with Gasteiger partial charge in [0.1, 0.15) is 5.75 Å². The fraction of sp³-hybridized carbons (Fsp3) is 0.296. The van der Waals surface area contributed by atoms with Crippen LogP contribution in [-0.4, -0.2) is 58.7 Å². The van der Waals surface area contributed by atoms with Gasteiger partial charge in [-0.3, -0.25) is 4.79 Å². The number of hydrogen-bond acceptors (Lipinski definition) is 6. The van der Waals surface area contributed by atoms with Gasteiger partial charge >= 0.3 is 0 Å². The molecule has 1 amide bonds. The molecule has 3 heterocycles. The van der Waals surface area contributed by atoms with Crippen molar-refractivity contribution in [1.29, 1.82) is 0 Å². The fourth-order valence-electron chi connectivity index (χ4n) is 3.83. The molecule has 0 aliphatic carbocycles. The molecule has 2 aliphatic heterocycles. The van der Waals surface area contributed by atoms with E-state index in [0.29, 0.717) is 30.6 Å². The zero-order valence-electron chi connectivity index (χ0n) is 19.9. The number of carbonyl (C=O) groups is 1. The van der Waals surface area contributed by atoms with Gasteiger partial charge < -0.3 is 14.4 Å². The Morgan fingerprint density at radius 2 is 1.83 bits per heavy atom. The Bertz CT molecular complexity index is 1240. The first-order valence-corrected chi connectivity index (χ1v) is 12.6. The van der Waals surface area contributed by atoms with E-state index in [9.17, 15) is 4.79 Å². The highest BCUT2D eigenvalue weighted by Gasteiger charge is 2.28. The molecular weight excluding hydrogens is 460 g/mol. The Hall–Kier alpha value is -3.36. The molecule has 7 nitrogen and oxygen atoms in total. The monoisotopic (exact) mass is 488 g/mol. The third kappa shape index (κ3) is 5.49. The molecular formula is C27H28N4O3S. The SMILES string of the molecule is CC(C)COc1ccc(-c2nn(-c3ccccc3)cc2C=C2SC(N3CCOCC3)=NC2=O)cc1. The van der Waals surface area contributed by atoms with Crippen LogP contribution >= 0.6 is 11.8 Å². The summed E-state index contributed by atoms with van der Waals surface area (Å²) < 4.78 is 13.1. The molecule has 180 valence electrons. The number of ether oxygens (including phenoxy) is 2. The van der Waals surface area contributed by atoms with Crippen LogP contribution in [-0.2, 0) is 9.53 Å². The number of benzene rings is 2. The van der Waals surface area contributed by atoms with Crippen molar-refractivity contribution >= 4 is 28.9 Å². The van der Waals surface area contributed by atoms with Crippen molar-refractivity contribution in [3.8, 4) is 22.7 Å². The molecule has 0 atom stereocenters. The Balaban J connectivity index is 1.46. The molecule has 2 aromatic carbocycles. The van der Waals surface area contributed by atoms with Crippen LogP contribution < -0.4 is 4.74 Å². The second-order valence-electron chi connectivity index (χ2n) is 8.85. The highest BCUT2D eigenvalue weighted by atomic mass is 32.2. The summed E-state index contributed by atoms with van der Waals surface area (Å²) in [4.78, 5) is 19.8. The molecule has 3 aromatic rings. The summed E-state index contributed by atoms with van der Waals surface area (Å²) in [5.74, 6) is 1.07. The zero-order valence-corrected chi connectivity index (χ0v) is 20.7. The van der Waals surface area contributed by atoms with Gasteiger partial charge in [0.15, 0.2) is 5.17 Å². The minimum absolute atomic E-state index is 0.215. The molecule has 1 saturated heterocycles. The largest absolute Gasteiger partial charge is 0.493 e. The number of thioether (sulfide) groups is 1. The van der Waals surface area contributed by atoms with E-state index in [0.717, 1.165) is 46.5 Å². The number of aromatic nitrogens is 2. The average molecular weight is 489 g/mol. The van der Waals surface area contributed by atoms with Gasteiger partial charge in [0, 0.05) is 30.4 Å². The number of carbonyl (C=O) groups excluding carboxylic acids is 1. The van der Waals surface area contributed by atoms with Crippen molar-refractivity contribution in [2.24, 2.45) is 10.9 Å². The van der Waals surface area contributed by atoms with Crippen LogP contribution in [0.15, 0.2) is 70.7 Å². The summed E-state index contributed by atoms with van der Waals surface area (Å²) >= 11 is 1.42. The molecule has 5 rings (SSSR count). The Labute approximate surface area is 209 Å². The Kier molecular flexibility index (Phi) is 7.01. The Morgan fingerprint density at radius 3 is 2.54 bits per heavy atom. The molecule has 0 saturated carbocycles. The predicted octanol–water partition coefficient (Wildman–Crippen LogP) is 4.88. The van der Waals surface area contributed by atoms with E-state index in [4.69, 9.17) is 14.6 Å². The summed E-state index contributed by atoms with van der Waals surface area (Å²) in [6.07, 6.45) is 3.86. The van der Waals surface area contributed by atoms with E-state index in [1.807, 2.05) is 71.6 Å². The van der Waals surface area contributed by atoms with Crippen LogP contribution in [0.5, 0.6) is 5.75 Å². The van der Waals surface area contributed by atoms with Gasteiger partial charge in [0.25, 0.3) is 5.91 Å². The quantitative estimate of drug-likeness (QED) is 0.461. The molecule has 0 bridgehead atoms. The average Bonchev–Trinajstić information content (AvgIpc) is 3.48. The molecule has 2 aliphatic rings. The van der Waals surface area contributed by atoms with Crippen LogP contribution in [0, 0.1) is 5.92 Å². The van der Waals surface area contributed by atoms with E-state index in [2.05, 4.69) is 23.7 Å². The van der Waals surface area contributed by atoms with Crippen LogP contribution in [0.2, 0.25) is 0 Å². The van der Waals surface area contributed by atoms with Crippen LogP contribution in [0.4, 0.5) is 0 Å². The third-order valence-corrected chi connectivity index (χ3v) is 6.70. The van der Waals surface area contributed by atoms with Crippen molar-refractivity contribution < 1.29 is 14.3 Å². The van der Waals surface area contributed by atoms with Gasteiger partial charge in [0.2, 0.25) is 0 Å². The number of rotatable bonds is 6. The lowest BCUT2D eigenvalue weighted by molar-refractivity contribution is -0.113. The normalized spacial score (nSPS) is 17.3. The van der Waals surface area contributed by atoms with Crippen molar-refractivity contribution in [2.75, 3.05) is 32.9 Å². The van der Waals surface area contributed by atoms with Crippen molar-refractivity contribution in [2.45, 2.75) is 13.8 Å². The van der Waals surface area contributed by atoms with Gasteiger partial charge in [-0.05, 0) is 60.2 Å². The standard InChI is InChI=1S/C27H28N4O3S/c1-19(2)18-34-23-10-8-20(9-11-23)25-21(17-31(29-25)22-6-4-3-5-7-22)16-24-26(32)28-27(35-24)30-12-14-33-15-13-30/h3-11,16-17,19H,12-15,18H2,1-2H3. The maximum atomic E-state index is 12.7. The lowest BCUT2D eigenvalue weighted by Gasteiger charge is -2.27. The van der Waals surface area contributed by atoms with Gasteiger partial charge in [-0.25, -0.2) is 4.68 Å². The number of morpholine rings is 1. The third-order valence-electron chi connectivity index (χ3n) is 5.65. The predicted molar refractivity (Wildman–Crippen MR) is 140 cm³/mol. The minimum atomic E-state index is -0.215. The molecule has 8 heteroatoms. The minimum Gasteiger partial charge on any atom is -0.493 e. The molecule has 35 heavy (non-hydrogen) atoms. The fourth-order valence-corrected chi connectivity index (χ4v) is 4.79. The summed E-state index contributed by atoms with van der Waals surface area (Å²) in [5, 5.41) is 5.62. The van der Waals surface area contributed by atoms with E-state index in [1.54, 1.807) is 0 Å². The second kappa shape index (κ2) is 10.5. The highest BCUT2D eigenvalue weighted by molar-refractivity contribution is 8.18. The van der Waals surface area contributed by atoms with E-state index >= 15 is 0 Å². The summed E-state index contributed by atoms with van der Waals surface area (Å²) in [7, 11) is 0. The smallest absolute Gasteiger partial charge is 0.286 e. The lowest BCUT2D eigenvalue weighted by Crippen LogP contribution is -2.38. The topological polar surface area (TPSA) is 68.9 Å². The number of nitrogens with zero attached hydrogens (tertiary/aromatic N) is 4. The second-order valence-corrected chi connectivity index (χ2v) is 9.86. The summed E-state index contributed by atoms with van der Waals surface area (Å²) in [6, 6.07) is 17.9. The number of aliphatic imine (C=N–C) groups is 1. The van der Waals surface area contributed by atoms with E-state index in [1.165, 1.54) is 11.8 Å².